The number of carbonyl (C=O) groups is 1. The van der Waals surface area contributed by atoms with E-state index in [1.54, 1.807) is 12.1 Å². The summed E-state index contributed by atoms with van der Waals surface area (Å²) in [5, 5.41) is 0.586. The summed E-state index contributed by atoms with van der Waals surface area (Å²) in [6.07, 6.45) is 3.45. The molecular formula is C14H15BrClNO2. The molecule has 1 amide bonds. The Morgan fingerprint density at radius 2 is 2.26 bits per heavy atom. The van der Waals surface area contributed by atoms with E-state index in [-0.39, 0.29) is 18.1 Å². The van der Waals surface area contributed by atoms with Crippen molar-refractivity contribution in [3.05, 3.63) is 33.3 Å². The fourth-order valence-corrected chi connectivity index (χ4v) is 3.58. The first-order chi connectivity index (χ1) is 9.16. The van der Waals surface area contributed by atoms with Gasteiger partial charge in [0.05, 0.1) is 24.3 Å². The summed E-state index contributed by atoms with van der Waals surface area (Å²) in [5.74, 6) is 0.0505. The molecule has 2 fully saturated rings. The van der Waals surface area contributed by atoms with Crippen molar-refractivity contribution in [2.45, 2.75) is 31.4 Å². The summed E-state index contributed by atoms with van der Waals surface area (Å²) in [4.78, 5) is 14.7. The molecule has 0 spiro atoms. The van der Waals surface area contributed by atoms with E-state index in [0.29, 0.717) is 23.7 Å². The number of hydrogen-bond acceptors (Lipinski definition) is 2. The second kappa shape index (κ2) is 5.43. The lowest BCUT2D eigenvalue weighted by Gasteiger charge is -2.37. The Hall–Kier alpha value is -0.580. The minimum absolute atomic E-state index is 0.0505. The van der Waals surface area contributed by atoms with E-state index in [0.717, 1.165) is 23.7 Å². The van der Waals surface area contributed by atoms with Gasteiger partial charge in [-0.1, -0.05) is 11.6 Å². The molecule has 2 unspecified atom stereocenters. The van der Waals surface area contributed by atoms with Gasteiger partial charge >= 0.3 is 0 Å². The minimum Gasteiger partial charge on any atom is -0.374 e. The maximum Gasteiger partial charge on any atom is 0.255 e. The van der Waals surface area contributed by atoms with E-state index >= 15 is 0 Å². The third kappa shape index (κ3) is 2.54. The van der Waals surface area contributed by atoms with Crippen LogP contribution in [0.25, 0.3) is 0 Å². The first-order valence-corrected chi connectivity index (χ1v) is 7.71. The van der Waals surface area contributed by atoms with Crippen molar-refractivity contribution in [2.75, 3.05) is 13.2 Å². The highest BCUT2D eigenvalue weighted by atomic mass is 79.9. The normalized spacial score (nSPS) is 26.3. The van der Waals surface area contributed by atoms with Crippen molar-refractivity contribution in [1.29, 1.82) is 0 Å². The molecule has 2 aliphatic rings. The molecule has 102 valence electrons. The summed E-state index contributed by atoms with van der Waals surface area (Å²) in [6, 6.07) is 5.56. The summed E-state index contributed by atoms with van der Waals surface area (Å²) in [7, 11) is 0. The number of fused-ring (bicyclic) bond motifs is 1. The Morgan fingerprint density at radius 1 is 1.42 bits per heavy atom. The quantitative estimate of drug-likeness (QED) is 0.780. The number of carbonyl (C=O) groups excluding carboxylic acids is 1. The summed E-state index contributed by atoms with van der Waals surface area (Å²) >= 11 is 9.43. The molecule has 1 aromatic rings. The molecule has 1 saturated carbocycles. The van der Waals surface area contributed by atoms with Gasteiger partial charge in [-0.2, -0.15) is 0 Å². The summed E-state index contributed by atoms with van der Waals surface area (Å²) in [6.45, 7) is 1.30. The Morgan fingerprint density at radius 3 is 3.11 bits per heavy atom. The van der Waals surface area contributed by atoms with Crippen LogP contribution >= 0.6 is 27.5 Å². The number of nitrogens with zero attached hydrogens (tertiary/aromatic N) is 1. The van der Waals surface area contributed by atoms with Gasteiger partial charge in [-0.15, -0.1) is 0 Å². The Kier molecular flexibility index (Phi) is 3.83. The fourth-order valence-electron chi connectivity index (χ4n) is 2.99. The third-order valence-corrected chi connectivity index (χ3v) is 4.83. The molecule has 0 bridgehead atoms. The number of hydrogen-bond donors (Lipinski definition) is 0. The highest BCUT2D eigenvalue weighted by Crippen LogP contribution is 2.32. The molecule has 1 heterocycles. The Balaban J connectivity index is 1.88. The van der Waals surface area contributed by atoms with Crippen LogP contribution in [0.3, 0.4) is 0 Å². The van der Waals surface area contributed by atoms with Gasteiger partial charge in [0, 0.05) is 16.0 Å². The maximum atomic E-state index is 12.7. The maximum absolute atomic E-state index is 12.7. The Bertz CT molecular complexity index is 508. The average molecular weight is 345 g/mol. The number of halogens is 2. The summed E-state index contributed by atoms with van der Waals surface area (Å²) in [5.41, 5.74) is 0.639. The Labute approximate surface area is 126 Å². The van der Waals surface area contributed by atoms with Crippen LogP contribution in [0, 0.1) is 0 Å². The monoisotopic (exact) mass is 343 g/mol. The molecule has 3 nitrogen and oxygen atoms in total. The van der Waals surface area contributed by atoms with Gasteiger partial charge in [0.2, 0.25) is 0 Å². The molecular weight excluding hydrogens is 330 g/mol. The molecule has 1 aliphatic heterocycles. The van der Waals surface area contributed by atoms with E-state index in [9.17, 15) is 4.79 Å². The zero-order chi connectivity index (χ0) is 13.4. The highest BCUT2D eigenvalue weighted by Gasteiger charge is 2.38. The second-order valence-electron chi connectivity index (χ2n) is 5.03. The number of rotatable bonds is 1. The topological polar surface area (TPSA) is 29.5 Å². The third-order valence-electron chi connectivity index (χ3n) is 3.90. The number of amides is 1. The van der Waals surface area contributed by atoms with Crippen molar-refractivity contribution in [3.8, 4) is 0 Å². The van der Waals surface area contributed by atoms with Gasteiger partial charge in [0.25, 0.3) is 5.91 Å². The van der Waals surface area contributed by atoms with Crippen LogP contribution < -0.4 is 0 Å². The summed E-state index contributed by atoms with van der Waals surface area (Å²) < 4.78 is 6.53. The smallest absolute Gasteiger partial charge is 0.255 e. The van der Waals surface area contributed by atoms with Crippen molar-refractivity contribution in [3.63, 3.8) is 0 Å². The van der Waals surface area contributed by atoms with Crippen LogP contribution in [-0.2, 0) is 4.74 Å². The fraction of sp³-hybridized carbons (Fsp3) is 0.500. The lowest BCUT2D eigenvalue weighted by Crippen LogP contribution is -2.51. The van der Waals surface area contributed by atoms with Crippen LogP contribution in [0.2, 0.25) is 5.02 Å². The van der Waals surface area contributed by atoms with E-state index in [4.69, 9.17) is 16.3 Å². The molecule has 19 heavy (non-hydrogen) atoms. The van der Waals surface area contributed by atoms with Gasteiger partial charge in [0.1, 0.15) is 0 Å². The molecule has 0 N–H and O–H groups in total. The van der Waals surface area contributed by atoms with Crippen LogP contribution in [0.5, 0.6) is 0 Å². The van der Waals surface area contributed by atoms with E-state index < -0.39 is 0 Å². The van der Waals surface area contributed by atoms with Crippen molar-refractivity contribution >= 4 is 33.4 Å². The number of benzene rings is 1. The van der Waals surface area contributed by atoms with Gasteiger partial charge in [-0.3, -0.25) is 4.79 Å². The van der Waals surface area contributed by atoms with Crippen molar-refractivity contribution in [1.82, 2.24) is 4.90 Å². The highest BCUT2D eigenvalue weighted by molar-refractivity contribution is 9.10. The predicted molar refractivity (Wildman–Crippen MR) is 77.6 cm³/mol. The van der Waals surface area contributed by atoms with Crippen LogP contribution in [0.15, 0.2) is 22.7 Å². The average Bonchev–Trinajstić information content (AvgIpc) is 2.89. The van der Waals surface area contributed by atoms with E-state index in [1.807, 2.05) is 11.0 Å². The number of morpholine rings is 1. The molecule has 1 aliphatic carbocycles. The molecule has 0 aromatic heterocycles. The van der Waals surface area contributed by atoms with Crippen molar-refractivity contribution < 1.29 is 9.53 Å². The van der Waals surface area contributed by atoms with Gasteiger partial charge in [0.15, 0.2) is 0 Å². The molecule has 3 rings (SSSR count). The standard InChI is InChI=1S/C14H15BrClNO2/c15-11-5-4-9(16)8-10(11)14(18)17-6-7-19-13-3-1-2-12(13)17/h4-5,8,12-13H,1-3,6-7H2. The predicted octanol–water partition coefficient (Wildman–Crippen LogP) is 3.50. The molecule has 2 atom stereocenters. The number of ether oxygens (including phenoxy) is 1. The zero-order valence-corrected chi connectivity index (χ0v) is 12.8. The molecule has 1 aromatic carbocycles. The molecule has 1 saturated heterocycles. The zero-order valence-electron chi connectivity index (χ0n) is 10.4. The molecule has 0 radical (unpaired) electrons. The lowest BCUT2D eigenvalue weighted by molar-refractivity contribution is -0.0445. The van der Waals surface area contributed by atoms with Gasteiger partial charge < -0.3 is 9.64 Å². The second-order valence-corrected chi connectivity index (χ2v) is 6.32. The van der Waals surface area contributed by atoms with Crippen LogP contribution in [0.4, 0.5) is 0 Å². The lowest BCUT2D eigenvalue weighted by atomic mass is 10.1. The van der Waals surface area contributed by atoms with Crippen molar-refractivity contribution in [2.24, 2.45) is 0 Å². The van der Waals surface area contributed by atoms with Crippen LogP contribution in [-0.4, -0.2) is 36.1 Å². The first kappa shape index (κ1) is 13.4. The largest absolute Gasteiger partial charge is 0.374 e. The molecule has 5 heteroatoms. The SMILES string of the molecule is O=C(c1cc(Cl)ccc1Br)N1CCOC2CCCC21. The van der Waals surface area contributed by atoms with E-state index in [2.05, 4.69) is 15.9 Å². The van der Waals surface area contributed by atoms with Gasteiger partial charge in [-0.25, -0.2) is 0 Å². The van der Waals surface area contributed by atoms with Crippen LogP contribution in [0.1, 0.15) is 29.6 Å². The first-order valence-electron chi connectivity index (χ1n) is 6.54. The van der Waals surface area contributed by atoms with E-state index in [1.165, 1.54) is 0 Å². The van der Waals surface area contributed by atoms with Gasteiger partial charge in [-0.05, 0) is 53.4 Å². The minimum atomic E-state index is 0.0505.